The molecule has 15 heavy (non-hydrogen) atoms. The van der Waals surface area contributed by atoms with Crippen molar-refractivity contribution in [3.63, 3.8) is 0 Å². The van der Waals surface area contributed by atoms with Crippen LogP contribution in [0.5, 0.6) is 0 Å². The second-order valence-corrected chi connectivity index (χ2v) is 4.34. The molecule has 0 spiro atoms. The molecule has 2 N–H and O–H groups in total. The zero-order chi connectivity index (χ0) is 10.8. The standard InChI is InChI=1S/C13H16FN/c1-9-3-2-4-10-7-13(15)8-11(10)6-12(14)5-9/h2,4,6,13H,1,3,5,7-8,15H2/b4-2+,12-6-. The summed E-state index contributed by atoms with van der Waals surface area (Å²) in [6.07, 6.45) is 8.54. The SMILES string of the molecule is C=C1C/C=C/C2=C(/C=C(\F)C1)CC(N)C2. The number of hydrogen-bond donors (Lipinski definition) is 1. The number of allylic oxidation sites excluding steroid dienone is 5. The first kappa shape index (κ1) is 10.4. The van der Waals surface area contributed by atoms with Crippen LogP contribution in [0.25, 0.3) is 0 Å². The Kier molecular flexibility index (Phi) is 2.87. The molecule has 0 aromatic carbocycles. The summed E-state index contributed by atoms with van der Waals surface area (Å²) in [5, 5.41) is 0. The number of nitrogens with two attached hydrogens (primary N) is 1. The van der Waals surface area contributed by atoms with E-state index in [0.29, 0.717) is 6.42 Å². The van der Waals surface area contributed by atoms with E-state index in [4.69, 9.17) is 5.73 Å². The van der Waals surface area contributed by atoms with Gasteiger partial charge in [0.05, 0.1) is 0 Å². The molecule has 0 saturated heterocycles. The molecule has 0 bridgehead atoms. The van der Waals surface area contributed by atoms with E-state index in [9.17, 15) is 4.39 Å². The third kappa shape index (κ3) is 2.45. The van der Waals surface area contributed by atoms with E-state index in [-0.39, 0.29) is 11.9 Å². The summed E-state index contributed by atoms with van der Waals surface area (Å²) in [6, 6.07) is 0.159. The van der Waals surface area contributed by atoms with Crippen molar-refractivity contribution in [1.82, 2.24) is 0 Å². The molecule has 0 radical (unpaired) electrons. The van der Waals surface area contributed by atoms with Crippen LogP contribution in [0.4, 0.5) is 4.39 Å². The van der Waals surface area contributed by atoms with Crippen molar-refractivity contribution in [1.29, 1.82) is 0 Å². The van der Waals surface area contributed by atoms with Crippen LogP contribution >= 0.6 is 0 Å². The predicted molar refractivity (Wildman–Crippen MR) is 60.9 cm³/mol. The fourth-order valence-electron chi connectivity index (χ4n) is 2.14. The molecule has 0 heterocycles. The minimum absolute atomic E-state index is 0.0923. The van der Waals surface area contributed by atoms with Gasteiger partial charge in [-0.05, 0) is 36.5 Å². The fraction of sp³-hybridized carbons (Fsp3) is 0.385. The third-order valence-corrected chi connectivity index (χ3v) is 2.85. The van der Waals surface area contributed by atoms with Crippen LogP contribution < -0.4 is 5.73 Å². The Morgan fingerprint density at radius 2 is 2.07 bits per heavy atom. The van der Waals surface area contributed by atoms with E-state index < -0.39 is 0 Å². The third-order valence-electron chi connectivity index (χ3n) is 2.85. The lowest BCUT2D eigenvalue weighted by atomic mass is 10.1. The summed E-state index contributed by atoms with van der Waals surface area (Å²) >= 11 is 0. The van der Waals surface area contributed by atoms with E-state index >= 15 is 0 Å². The molecule has 1 atom stereocenters. The van der Waals surface area contributed by atoms with Crippen molar-refractivity contribution in [2.75, 3.05) is 0 Å². The summed E-state index contributed by atoms with van der Waals surface area (Å²) in [7, 11) is 0. The van der Waals surface area contributed by atoms with Gasteiger partial charge in [-0.3, -0.25) is 0 Å². The lowest BCUT2D eigenvalue weighted by molar-refractivity contribution is 0.606. The molecule has 2 aliphatic rings. The Morgan fingerprint density at radius 3 is 2.87 bits per heavy atom. The Balaban J connectivity index is 2.31. The van der Waals surface area contributed by atoms with Crippen molar-refractivity contribution in [3.05, 3.63) is 47.4 Å². The van der Waals surface area contributed by atoms with Crippen LogP contribution in [0, 0.1) is 0 Å². The normalized spacial score (nSPS) is 32.5. The van der Waals surface area contributed by atoms with Crippen molar-refractivity contribution < 1.29 is 4.39 Å². The van der Waals surface area contributed by atoms with Crippen LogP contribution in [-0.2, 0) is 0 Å². The van der Waals surface area contributed by atoms with Crippen molar-refractivity contribution in [2.45, 2.75) is 31.7 Å². The van der Waals surface area contributed by atoms with Crippen molar-refractivity contribution >= 4 is 0 Å². The van der Waals surface area contributed by atoms with Gasteiger partial charge in [-0.1, -0.05) is 24.3 Å². The van der Waals surface area contributed by atoms with E-state index in [0.717, 1.165) is 30.4 Å². The van der Waals surface area contributed by atoms with Gasteiger partial charge in [0, 0.05) is 12.5 Å². The zero-order valence-electron chi connectivity index (χ0n) is 8.80. The van der Waals surface area contributed by atoms with Crippen LogP contribution in [0.1, 0.15) is 25.7 Å². The molecule has 0 aliphatic heterocycles. The van der Waals surface area contributed by atoms with E-state index in [1.54, 1.807) is 6.08 Å². The van der Waals surface area contributed by atoms with E-state index in [1.807, 2.05) is 0 Å². The highest BCUT2D eigenvalue weighted by molar-refractivity contribution is 5.41. The maximum atomic E-state index is 13.5. The molecule has 0 fully saturated rings. The van der Waals surface area contributed by atoms with Crippen LogP contribution in [-0.4, -0.2) is 6.04 Å². The molecular formula is C13H16FN. The Bertz CT molecular complexity index is 374. The van der Waals surface area contributed by atoms with Crippen molar-refractivity contribution in [3.8, 4) is 0 Å². The second kappa shape index (κ2) is 4.15. The Hall–Kier alpha value is -1.15. The minimum Gasteiger partial charge on any atom is -0.327 e. The summed E-state index contributed by atoms with van der Waals surface area (Å²) in [5.41, 5.74) is 9.03. The maximum Gasteiger partial charge on any atom is 0.104 e. The van der Waals surface area contributed by atoms with Gasteiger partial charge in [0.1, 0.15) is 5.83 Å². The highest BCUT2D eigenvalue weighted by Crippen LogP contribution is 2.31. The molecule has 0 aromatic rings. The van der Waals surface area contributed by atoms with Crippen LogP contribution in [0.3, 0.4) is 0 Å². The molecule has 2 rings (SSSR count). The molecule has 2 aliphatic carbocycles. The summed E-state index contributed by atoms with van der Waals surface area (Å²) in [5.74, 6) is -0.0923. The first-order valence-corrected chi connectivity index (χ1v) is 5.32. The number of rotatable bonds is 0. The Labute approximate surface area is 89.9 Å². The molecular weight excluding hydrogens is 189 g/mol. The predicted octanol–water partition coefficient (Wildman–Crippen LogP) is 3.16. The highest BCUT2D eigenvalue weighted by atomic mass is 19.1. The number of hydrogen-bond acceptors (Lipinski definition) is 1. The fourth-order valence-corrected chi connectivity index (χ4v) is 2.14. The molecule has 1 nitrogen and oxygen atoms in total. The summed E-state index contributed by atoms with van der Waals surface area (Å²) in [6.45, 7) is 3.84. The minimum atomic E-state index is -0.0923. The van der Waals surface area contributed by atoms with Gasteiger partial charge < -0.3 is 5.73 Å². The van der Waals surface area contributed by atoms with Gasteiger partial charge in [0.2, 0.25) is 0 Å². The monoisotopic (exact) mass is 205 g/mol. The van der Waals surface area contributed by atoms with E-state index in [1.165, 1.54) is 5.57 Å². The topological polar surface area (TPSA) is 26.0 Å². The van der Waals surface area contributed by atoms with Crippen LogP contribution in [0.2, 0.25) is 0 Å². The van der Waals surface area contributed by atoms with Gasteiger partial charge in [-0.15, -0.1) is 0 Å². The molecule has 2 heteroatoms. The lowest BCUT2D eigenvalue weighted by Crippen LogP contribution is -2.15. The highest BCUT2D eigenvalue weighted by Gasteiger charge is 2.19. The molecule has 0 aromatic heterocycles. The Morgan fingerprint density at radius 1 is 1.33 bits per heavy atom. The molecule has 0 amide bonds. The average Bonchev–Trinajstić information content (AvgIpc) is 2.46. The smallest absolute Gasteiger partial charge is 0.104 e. The van der Waals surface area contributed by atoms with Gasteiger partial charge in [0.15, 0.2) is 0 Å². The average molecular weight is 205 g/mol. The first-order chi connectivity index (χ1) is 7.15. The largest absolute Gasteiger partial charge is 0.327 e. The zero-order valence-corrected chi connectivity index (χ0v) is 8.80. The molecule has 1 unspecified atom stereocenters. The summed E-state index contributed by atoms with van der Waals surface area (Å²) < 4.78 is 13.5. The number of halogens is 1. The van der Waals surface area contributed by atoms with Gasteiger partial charge >= 0.3 is 0 Å². The summed E-state index contributed by atoms with van der Waals surface area (Å²) in [4.78, 5) is 0. The second-order valence-electron chi connectivity index (χ2n) is 4.34. The molecule has 80 valence electrons. The van der Waals surface area contributed by atoms with Gasteiger partial charge in [-0.2, -0.15) is 0 Å². The van der Waals surface area contributed by atoms with Crippen molar-refractivity contribution in [2.24, 2.45) is 5.73 Å². The van der Waals surface area contributed by atoms with E-state index in [2.05, 4.69) is 18.7 Å². The quantitative estimate of drug-likeness (QED) is 0.604. The van der Waals surface area contributed by atoms with Crippen LogP contribution in [0.15, 0.2) is 47.4 Å². The van der Waals surface area contributed by atoms with Gasteiger partial charge in [-0.25, -0.2) is 4.39 Å². The lowest BCUT2D eigenvalue weighted by Gasteiger charge is -2.01. The maximum absolute atomic E-state index is 13.5. The molecule has 0 saturated carbocycles. The first-order valence-electron chi connectivity index (χ1n) is 5.32. The van der Waals surface area contributed by atoms with Gasteiger partial charge in [0.25, 0.3) is 0 Å².